The number of hydrogen-bond donors (Lipinski definition) is 0. The highest BCUT2D eigenvalue weighted by atomic mass is 19.1. The van der Waals surface area contributed by atoms with Gasteiger partial charge in [0.15, 0.2) is 0 Å². The molecule has 0 bridgehead atoms. The van der Waals surface area contributed by atoms with Crippen molar-refractivity contribution in [2.75, 3.05) is 6.61 Å². The van der Waals surface area contributed by atoms with Crippen LogP contribution in [-0.2, 0) is 0 Å². The van der Waals surface area contributed by atoms with Crippen molar-refractivity contribution in [3.05, 3.63) is 23.5 Å². The van der Waals surface area contributed by atoms with Gasteiger partial charge >= 0.3 is 0 Å². The molecule has 3 atom stereocenters. The largest absolute Gasteiger partial charge is 0.493 e. The molecule has 0 aromatic carbocycles. The van der Waals surface area contributed by atoms with E-state index >= 15 is 0 Å². The standard InChI is InChI=1S/C17H26FNO/c1-11(2)9-12(3)10-20-15-7-8-19-17-14(18)6-5-13(4)16(15)17/h7-8,11-14H,5-6,9-10H2,1-4H3/t12-,13?,14-/m1/s1. The molecule has 2 rings (SSSR count). The first-order chi connectivity index (χ1) is 9.49. The molecule has 3 heteroatoms. The SMILES string of the molecule is CC(C)C[C@@H](C)COc1ccnc2c1C(C)CC[C@H]2F. The second-order valence-electron chi connectivity index (χ2n) is 6.60. The Morgan fingerprint density at radius 3 is 2.80 bits per heavy atom. The van der Waals surface area contributed by atoms with Crippen molar-refractivity contribution in [3.8, 4) is 5.75 Å². The average Bonchev–Trinajstić information content (AvgIpc) is 2.40. The van der Waals surface area contributed by atoms with E-state index < -0.39 is 6.17 Å². The van der Waals surface area contributed by atoms with Crippen molar-refractivity contribution in [1.29, 1.82) is 0 Å². The summed E-state index contributed by atoms with van der Waals surface area (Å²) in [6.07, 6.45) is 3.34. The molecular formula is C17H26FNO. The van der Waals surface area contributed by atoms with Crippen LogP contribution >= 0.6 is 0 Å². The van der Waals surface area contributed by atoms with Crippen LogP contribution in [0.3, 0.4) is 0 Å². The van der Waals surface area contributed by atoms with Gasteiger partial charge in [0.05, 0.1) is 12.3 Å². The van der Waals surface area contributed by atoms with E-state index in [0.29, 0.717) is 36.5 Å². The second kappa shape index (κ2) is 6.55. The highest BCUT2D eigenvalue weighted by Crippen LogP contribution is 2.42. The van der Waals surface area contributed by atoms with Crippen molar-refractivity contribution in [2.24, 2.45) is 11.8 Å². The van der Waals surface area contributed by atoms with Gasteiger partial charge in [-0.3, -0.25) is 4.98 Å². The van der Waals surface area contributed by atoms with Crippen LogP contribution in [0.1, 0.15) is 70.3 Å². The van der Waals surface area contributed by atoms with Gasteiger partial charge in [0.1, 0.15) is 11.9 Å². The zero-order chi connectivity index (χ0) is 14.7. The number of fused-ring (bicyclic) bond motifs is 1. The quantitative estimate of drug-likeness (QED) is 0.752. The van der Waals surface area contributed by atoms with E-state index in [2.05, 4.69) is 32.7 Å². The Balaban J connectivity index is 2.11. The summed E-state index contributed by atoms with van der Waals surface area (Å²) < 4.78 is 20.0. The van der Waals surface area contributed by atoms with Crippen molar-refractivity contribution in [3.63, 3.8) is 0 Å². The zero-order valence-electron chi connectivity index (χ0n) is 13.0. The van der Waals surface area contributed by atoms with Crippen LogP contribution < -0.4 is 4.74 Å². The Labute approximate surface area is 121 Å². The number of alkyl halides is 1. The lowest BCUT2D eigenvalue weighted by Crippen LogP contribution is -2.16. The molecule has 0 spiro atoms. The molecule has 0 N–H and O–H groups in total. The Morgan fingerprint density at radius 2 is 2.10 bits per heavy atom. The second-order valence-corrected chi connectivity index (χ2v) is 6.60. The van der Waals surface area contributed by atoms with Gasteiger partial charge in [-0.15, -0.1) is 0 Å². The molecule has 1 aromatic heterocycles. The van der Waals surface area contributed by atoms with Crippen LogP contribution in [0, 0.1) is 11.8 Å². The molecule has 20 heavy (non-hydrogen) atoms. The normalized spacial score (nSPS) is 23.5. The Hall–Kier alpha value is -1.12. The highest BCUT2D eigenvalue weighted by molar-refractivity contribution is 5.41. The number of ether oxygens (including phenoxy) is 1. The minimum absolute atomic E-state index is 0.334. The van der Waals surface area contributed by atoms with Crippen LogP contribution in [0.4, 0.5) is 4.39 Å². The van der Waals surface area contributed by atoms with E-state index in [1.165, 1.54) is 0 Å². The molecule has 112 valence electrons. The van der Waals surface area contributed by atoms with E-state index in [1.807, 2.05) is 6.07 Å². The summed E-state index contributed by atoms with van der Waals surface area (Å²) in [7, 11) is 0. The van der Waals surface area contributed by atoms with Gasteiger partial charge in [-0.25, -0.2) is 4.39 Å². The van der Waals surface area contributed by atoms with Gasteiger partial charge in [0, 0.05) is 11.8 Å². The molecule has 0 amide bonds. The van der Waals surface area contributed by atoms with Crippen molar-refractivity contribution >= 4 is 0 Å². The molecule has 1 aliphatic carbocycles. The average molecular weight is 279 g/mol. The maximum absolute atomic E-state index is 14.0. The summed E-state index contributed by atoms with van der Waals surface area (Å²) in [5.74, 6) is 2.36. The molecule has 1 aromatic rings. The Bertz CT molecular complexity index is 447. The van der Waals surface area contributed by atoms with Gasteiger partial charge < -0.3 is 4.74 Å². The lowest BCUT2D eigenvalue weighted by atomic mass is 9.85. The van der Waals surface area contributed by atoms with Crippen molar-refractivity contribution in [2.45, 2.75) is 59.0 Å². The number of nitrogens with zero attached hydrogens (tertiary/aromatic N) is 1. The molecule has 0 radical (unpaired) electrons. The third-order valence-electron chi connectivity index (χ3n) is 4.02. The van der Waals surface area contributed by atoms with E-state index in [9.17, 15) is 4.39 Å². The summed E-state index contributed by atoms with van der Waals surface area (Å²) in [5, 5.41) is 0. The van der Waals surface area contributed by atoms with Crippen molar-refractivity contribution in [1.82, 2.24) is 4.98 Å². The van der Waals surface area contributed by atoms with Gasteiger partial charge in [-0.05, 0) is 43.1 Å². The number of rotatable bonds is 5. The molecule has 1 unspecified atom stereocenters. The monoisotopic (exact) mass is 279 g/mol. The fourth-order valence-electron chi connectivity index (χ4n) is 3.12. The van der Waals surface area contributed by atoms with Crippen LogP contribution in [-0.4, -0.2) is 11.6 Å². The van der Waals surface area contributed by atoms with Gasteiger partial charge in [-0.2, -0.15) is 0 Å². The number of aromatic nitrogens is 1. The Kier molecular flexibility index (Phi) is 5.00. The first kappa shape index (κ1) is 15.3. The number of pyridine rings is 1. The lowest BCUT2D eigenvalue weighted by molar-refractivity contribution is 0.228. The summed E-state index contributed by atoms with van der Waals surface area (Å²) in [5.41, 5.74) is 1.58. The number of halogens is 1. The van der Waals surface area contributed by atoms with Crippen LogP contribution in [0.2, 0.25) is 0 Å². The maximum atomic E-state index is 14.0. The Morgan fingerprint density at radius 1 is 1.35 bits per heavy atom. The first-order valence-electron chi connectivity index (χ1n) is 7.74. The molecule has 0 aliphatic heterocycles. The van der Waals surface area contributed by atoms with E-state index in [0.717, 1.165) is 24.2 Å². The van der Waals surface area contributed by atoms with Crippen LogP contribution in [0.25, 0.3) is 0 Å². The minimum atomic E-state index is -0.933. The van der Waals surface area contributed by atoms with E-state index in [1.54, 1.807) is 6.20 Å². The first-order valence-corrected chi connectivity index (χ1v) is 7.74. The third kappa shape index (κ3) is 3.50. The predicted molar refractivity (Wildman–Crippen MR) is 79.8 cm³/mol. The number of hydrogen-bond acceptors (Lipinski definition) is 2. The fourth-order valence-corrected chi connectivity index (χ4v) is 3.12. The minimum Gasteiger partial charge on any atom is -0.493 e. The summed E-state index contributed by atoms with van der Waals surface area (Å²) in [4.78, 5) is 4.23. The van der Waals surface area contributed by atoms with Gasteiger partial charge in [0.2, 0.25) is 0 Å². The summed E-state index contributed by atoms with van der Waals surface area (Å²) in [6, 6.07) is 1.88. The summed E-state index contributed by atoms with van der Waals surface area (Å²) >= 11 is 0. The molecule has 1 aliphatic rings. The molecule has 1 heterocycles. The van der Waals surface area contributed by atoms with Crippen LogP contribution in [0.5, 0.6) is 5.75 Å². The predicted octanol–water partition coefficient (Wildman–Crippen LogP) is 5.05. The molecule has 2 nitrogen and oxygen atoms in total. The lowest BCUT2D eigenvalue weighted by Gasteiger charge is -2.27. The smallest absolute Gasteiger partial charge is 0.142 e. The topological polar surface area (TPSA) is 22.1 Å². The third-order valence-corrected chi connectivity index (χ3v) is 4.02. The van der Waals surface area contributed by atoms with Gasteiger partial charge in [0.25, 0.3) is 0 Å². The summed E-state index contributed by atoms with van der Waals surface area (Å²) in [6.45, 7) is 9.48. The fraction of sp³-hybridized carbons (Fsp3) is 0.706. The highest BCUT2D eigenvalue weighted by Gasteiger charge is 2.28. The van der Waals surface area contributed by atoms with E-state index in [4.69, 9.17) is 4.74 Å². The molecule has 0 saturated heterocycles. The zero-order valence-corrected chi connectivity index (χ0v) is 13.0. The van der Waals surface area contributed by atoms with E-state index in [-0.39, 0.29) is 0 Å². The maximum Gasteiger partial charge on any atom is 0.142 e. The van der Waals surface area contributed by atoms with Crippen LogP contribution in [0.15, 0.2) is 12.3 Å². The molecule has 0 fully saturated rings. The van der Waals surface area contributed by atoms with Gasteiger partial charge in [-0.1, -0.05) is 27.7 Å². The molecular weight excluding hydrogens is 253 g/mol. The van der Waals surface area contributed by atoms with Crippen molar-refractivity contribution < 1.29 is 9.13 Å². The molecule has 0 saturated carbocycles.